The second kappa shape index (κ2) is 4.14. The summed E-state index contributed by atoms with van der Waals surface area (Å²) in [4.78, 5) is 0. The van der Waals surface area contributed by atoms with Crippen LogP contribution in [0.15, 0.2) is 12.4 Å². The zero-order chi connectivity index (χ0) is 8.97. The Morgan fingerprint density at radius 3 is 2.58 bits per heavy atom. The van der Waals surface area contributed by atoms with Crippen molar-refractivity contribution in [3.8, 4) is 5.75 Å². The first-order valence-electron chi connectivity index (χ1n) is 4.47. The van der Waals surface area contributed by atoms with Gasteiger partial charge in [-0.1, -0.05) is 26.7 Å². The van der Waals surface area contributed by atoms with Crippen LogP contribution in [0.4, 0.5) is 0 Å². The van der Waals surface area contributed by atoms with E-state index >= 15 is 0 Å². The molecule has 0 atom stereocenters. The van der Waals surface area contributed by atoms with Crippen molar-refractivity contribution in [2.24, 2.45) is 5.92 Å². The Balaban J connectivity index is 2.50. The highest BCUT2D eigenvalue weighted by Crippen LogP contribution is 2.12. The van der Waals surface area contributed by atoms with Crippen molar-refractivity contribution < 1.29 is 5.11 Å². The van der Waals surface area contributed by atoms with Crippen LogP contribution in [0.2, 0.25) is 0 Å². The lowest BCUT2D eigenvalue weighted by Crippen LogP contribution is -2.09. The van der Waals surface area contributed by atoms with Gasteiger partial charge < -0.3 is 5.11 Å². The molecular weight excluding hydrogens is 152 g/mol. The van der Waals surface area contributed by atoms with Gasteiger partial charge in [-0.3, -0.25) is 4.68 Å². The first-order chi connectivity index (χ1) is 5.76. The number of hydrogen-bond donors (Lipinski definition) is 1. The summed E-state index contributed by atoms with van der Waals surface area (Å²) >= 11 is 0. The molecule has 0 amide bonds. The summed E-state index contributed by atoms with van der Waals surface area (Å²) in [5, 5.41) is 13.0. The Morgan fingerprint density at radius 2 is 2.17 bits per heavy atom. The van der Waals surface area contributed by atoms with Crippen molar-refractivity contribution in [2.45, 2.75) is 33.2 Å². The van der Waals surface area contributed by atoms with Crippen molar-refractivity contribution in [3.63, 3.8) is 0 Å². The second-order valence-corrected chi connectivity index (χ2v) is 3.10. The summed E-state index contributed by atoms with van der Waals surface area (Å²) in [6.45, 7) is 5.27. The van der Waals surface area contributed by atoms with Crippen LogP contribution in [-0.2, 0) is 6.54 Å². The molecule has 3 heteroatoms. The monoisotopic (exact) mass is 168 g/mol. The van der Waals surface area contributed by atoms with E-state index in [1.807, 2.05) is 0 Å². The van der Waals surface area contributed by atoms with Crippen molar-refractivity contribution in [1.82, 2.24) is 9.78 Å². The van der Waals surface area contributed by atoms with E-state index in [0.717, 1.165) is 19.4 Å². The predicted octanol–water partition coefficient (Wildman–Crippen LogP) is 2.02. The number of aromatic hydroxyl groups is 1. The quantitative estimate of drug-likeness (QED) is 0.747. The molecule has 1 aromatic heterocycles. The summed E-state index contributed by atoms with van der Waals surface area (Å²) in [7, 11) is 0. The van der Waals surface area contributed by atoms with Gasteiger partial charge in [0.2, 0.25) is 0 Å². The van der Waals surface area contributed by atoms with E-state index in [-0.39, 0.29) is 5.75 Å². The Hall–Kier alpha value is -0.990. The molecular formula is C9H16N2O. The standard InChI is InChI=1S/C9H16N2O/c1-3-8(4-2)6-11-7-9(12)5-10-11/h5,7-8,12H,3-4,6H2,1-2H3. The summed E-state index contributed by atoms with van der Waals surface area (Å²) < 4.78 is 1.80. The van der Waals surface area contributed by atoms with Crippen LogP contribution < -0.4 is 0 Å². The van der Waals surface area contributed by atoms with Crippen molar-refractivity contribution in [2.75, 3.05) is 0 Å². The Bertz CT molecular complexity index is 228. The van der Waals surface area contributed by atoms with Gasteiger partial charge in [-0.05, 0) is 5.92 Å². The molecule has 0 spiro atoms. The zero-order valence-electron chi connectivity index (χ0n) is 7.70. The van der Waals surface area contributed by atoms with Crippen LogP contribution in [-0.4, -0.2) is 14.9 Å². The maximum absolute atomic E-state index is 9.03. The van der Waals surface area contributed by atoms with E-state index in [4.69, 9.17) is 5.11 Å². The van der Waals surface area contributed by atoms with Crippen molar-refractivity contribution >= 4 is 0 Å². The van der Waals surface area contributed by atoms with Crippen molar-refractivity contribution in [1.29, 1.82) is 0 Å². The van der Waals surface area contributed by atoms with Crippen LogP contribution in [0.3, 0.4) is 0 Å². The molecule has 0 saturated heterocycles. The fraction of sp³-hybridized carbons (Fsp3) is 0.667. The van der Waals surface area contributed by atoms with Gasteiger partial charge in [0.25, 0.3) is 0 Å². The van der Waals surface area contributed by atoms with Gasteiger partial charge in [-0.25, -0.2) is 0 Å². The van der Waals surface area contributed by atoms with Gasteiger partial charge in [0.05, 0.1) is 12.4 Å². The molecule has 0 fully saturated rings. The smallest absolute Gasteiger partial charge is 0.153 e. The predicted molar refractivity (Wildman–Crippen MR) is 48.0 cm³/mol. The van der Waals surface area contributed by atoms with E-state index in [2.05, 4.69) is 18.9 Å². The number of aromatic nitrogens is 2. The minimum atomic E-state index is 0.251. The lowest BCUT2D eigenvalue weighted by atomic mass is 10.0. The first-order valence-corrected chi connectivity index (χ1v) is 4.47. The Morgan fingerprint density at radius 1 is 1.50 bits per heavy atom. The second-order valence-electron chi connectivity index (χ2n) is 3.10. The Kier molecular flexibility index (Phi) is 3.14. The van der Waals surface area contributed by atoms with Gasteiger partial charge in [0.1, 0.15) is 0 Å². The molecule has 1 heterocycles. The third-order valence-corrected chi connectivity index (χ3v) is 2.22. The van der Waals surface area contributed by atoms with Crippen LogP contribution >= 0.6 is 0 Å². The third kappa shape index (κ3) is 2.26. The highest BCUT2D eigenvalue weighted by Gasteiger charge is 2.04. The number of nitrogens with zero attached hydrogens (tertiary/aromatic N) is 2. The third-order valence-electron chi connectivity index (χ3n) is 2.22. The molecule has 1 N–H and O–H groups in total. The van der Waals surface area contributed by atoms with Crippen molar-refractivity contribution in [3.05, 3.63) is 12.4 Å². The molecule has 68 valence electrons. The molecule has 0 unspecified atom stereocenters. The molecule has 0 aliphatic rings. The van der Waals surface area contributed by atoms with E-state index < -0.39 is 0 Å². The van der Waals surface area contributed by atoms with E-state index in [0.29, 0.717) is 5.92 Å². The first kappa shape index (κ1) is 9.10. The average Bonchev–Trinajstić information content (AvgIpc) is 2.47. The highest BCUT2D eigenvalue weighted by atomic mass is 16.3. The van der Waals surface area contributed by atoms with Crippen LogP contribution in [0.5, 0.6) is 5.75 Å². The lowest BCUT2D eigenvalue weighted by Gasteiger charge is -2.11. The molecule has 0 aliphatic carbocycles. The molecule has 0 bridgehead atoms. The van der Waals surface area contributed by atoms with E-state index in [1.54, 1.807) is 10.9 Å². The van der Waals surface area contributed by atoms with E-state index in [1.165, 1.54) is 6.20 Å². The average molecular weight is 168 g/mol. The van der Waals surface area contributed by atoms with Crippen LogP contribution in [0.1, 0.15) is 26.7 Å². The van der Waals surface area contributed by atoms with Gasteiger partial charge in [0, 0.05) is 6.54 Å². The molecule has 1 aromatic rings. The Labute approximate surface area is 73.0 Å². The molecule has 0 aromatic carbocycles. The van der Waals surface area contributed by atoms with Gasteiger partial charge >= 0.3 is 0 Å². The summed E-state index contributed by atoms with van der Waals surface area (Å²) in [6.07, 6.45) is 5.47. The molecule has 3 nitrogen and oxygen atoms in total. The van der Waals surface area contributed by atoms with Crippen LogP contribution in [0, 0.1) is 5.92 Å². The maximum Gasteiger partial charge on any atom is 0.153 e. The molecule has 0 radical (unpaired) electrons. The molecule has 12 heavy (non-hydrogen) atoms. The maximum atomic E-state index is 9.03. The minimum Gasteiger partial charge on any atom is -0.505 e. The fourth-order valence-electron chi connectivity index (χ4n) is 1.26. The fourth-order valence-corrected chi connectivity index (χ4v) is 1.26. The van der Waals surface area contributed by atoms with Gasteiger partial charge in [0.15, 0.2) is 5.75 Å². The molecule has 0 aliphatic heterocycles. The summed E-state index contributed by atoms with van der Waals surface area (Å²) in [6, 6.07) is 0. The number of rotatable bonds is 4. The molecule has 1 rings (SSSR count). The SMILES string of the molecule is CCC(CC)Cn1cc(O)cn1. The lowest BCUT2D eigenvalue weighted by molar-refractivity contribution is 0.394. The number of hydrogen-bond acceptors (Lipinski definition) is 2. The largest absolute Gasteiger partial charge is 0.505 e. The summed E-state index contributed by atoms with van der Waals surface area (Å²) in [5.41, 5.74) is 0. The topological polar surface area (TPSA) is 38.0 Å². The minimum absolute atomic E-state index is 0.251. The van der Waals surface area contributed by atoms with Gasteiger partial charge in [-0.2, -0.15) is 5.10 Å². The highest BCUT2D eigenvalue weighted by molar-refractivity contribution is 5.08. The van der Waals surface area contributed by atoms with Gasteiger partial charge in [-0.15, -0.1) is 0 Å². The van der Waals surface area contributed by atoms with Crippen LogP contribution in [0.25, 0.3) is 0 Å². The summed E-state index contributed by atoms with van der Waals surface area (Å²) in [5.74, 6) is 0.922. The zero-order valence-corrected chi connectivity index (χ0v) is 7.70. The molecule has 0 saturated carbocycles. The normalized spacial score (nSPS) is 10.9. The van der Waals surface area contributed by atoms with E-state index in [9.17, 15) is 0 Å².